The molecule has 0 aromatic heterocycles. The van der Waals surface area contributed by atoms with Gasteiger partial charge in [0.05, 0.1) is 16.3 Å². The third-order valence-electron chi connectivity index (χ3n) is 7.34. The lowest BCUT2D eigenvalue weighted by Gasteiger charge is -2.45. The Balaban J connectivity index is 1.44. The van der Waals surface area contributed by atoms with Crippen LogP contribution in [0.4, 0.5) is 11.4 Å². The maximum absolute atomic E-state index is 13.5. The minimum Gasteiger partial charge on any atom is -0.358 e. The first-order chi connectivity index (χ1) is 16.9. The van der Waals surface area contributed by atoms with Gasteiger partial charge in [0.15, 0.2) is 0 Å². The molecule has 0 aliphatic carbocycles. The highest BCUT2D eigenvalue weighted by atomic mass is 32.2. The molecule has 2 amide bonds. The SMILES string of the molecule is Cc1ccccc1CNC(=O)CN1C(=O)C2CCCCN2c2ccc(S(=O)(=O)N3CCCC3)cc21. The lowest BCUT2D eigenvalue weighted by Crippen LogP contribution is -2.57. The molecule has 2 saturated heterocycles. The Morgan fingerprint density at radius 3 is 2.51 bits per heavy atom. The zero-order chi connectivity index (χ0) is 24.6. The summed E-state index contributed by atoms with van der Waals surface area (Å²) >= 11 is 0. The first-order valence-corrected chi connectivity index (χ1v) is 13.8. The third-order valence-corrected chi connectivity index (χ3v) is 9.24. The number of carbonyl (C=O) groups is 2. The standard InChI is InChI=1S/C26H32N4O4S/c1-19-8-2-3-9-20(19)17-27-25(31)18-30-24-16-21(35(33,34)28-13-6-7-14-28)11-12-22(24)29-15-5-4-10-23(29)26(30)32/h2-3,8-9,11-12,16,23H,4-7,10,13-15,17-18H2,1H3,(H,27,31). The van der Waals surface area contributed by atoms with Gasteiger partial charge in [-0.2, -0.15) is 4.31 Å². The number of benzene rings is 2. The molecule has 5 rings (SSSR count). The summed E-state index contributed by atoms with van der Waals surface area (Å²) in [7, 11) is -3.65. The van der Waals surface area contributed by atoms with Crippen LogP contribution in [0.2, 0.25) is 0 Å². The van der Waals surface area contributed by atoms with Gasteiger partial charge in [0.25, 0.3) is 0 Å². The van der Waals surface area contributed by atoms with Crippen molar-refractivity contribution in [3.63, 3.8) is 0 Å². The highest BCUT2D eigenvalue weighted by Gasteiger charge is 2.41. The summed E-state index contributed by atoms with van der Waals surface area (Å²) in [6, 6.07) is 12.6. The average Bonchev–Trinajstić information content (AvgIpc) is 3.42. The van der Waals surface area contributed by atoms with Gasteiger partial charge in [-0.1, -0.05) is 24.3 Å². The number of piperidine rings is 1. The van der Waals surface area contributed by atoms with Crippen LogP contribution in [0.15, 0.2) is 47.4 Å². The van der Waals surface area contributed by atoms with Crippen LogP contribution in [0.25, 0.3) is 0 Å². The Bertz CT molecular complexity index is 1240. The summed E-state index contributed by atoms with van der Waals surface area (Å²) in [5, 5.41) is 2.93. The number of anilines is 2. The molecule has 2 fully saturated rings. The second kappa shape index (κ2) is 9.62. The van der Waals surface area contributed by atoms with Crippen LogP contribution in [-0.2, 0) is 26.2 Å². The summed E-state index contributed by atoms with van der Waals surface area (Å²) < 4.78 is 28.0. The molecule has 35 heavy (non-hydrogen) atoms. The van der Waals surface area contributed by atoms with E-state index in [1.807, 2.05) is 31.2 Å². The van der Waals surface area contributed by atoms with Gasteiger partial charge in [-0.25, -0.2) is 8.42 Å². The fourth-order valence-corrected chi connectivity index (χ4v) is 6.88. The van der Waals surface area contributed by atoms with Crippen molar-refractivity contribution in [3.05, 3.63) is 53.6 Å². The zero-order valence-electron chi connectivity index (χ0n) is 20.1. The van der Waals surface area contributed by atoms with E-state index in [1.54, 1.807) is 18.2 Å². The Morgan fingerprint density at radius 2 is 1.74 bits per heavy atom. The van der Waals surface area contributed by atoms with E-state index in [0.29, 0.717) is 25.3 Å². The molecular formula is C26H32N4O4S. The maximum atomic E-state index is 13.5. The van der Waals surface area contributed by atoms with Crippen molar-refractivity contribution in [2.75, 3.05) is 36.0 Å². The van der Waals surface area contributed by atoms with Gasteiger partial charge in [0, 0.05) is 26.2 Å². The molecule has 3 aliphatic heterocycles. The van der Waals surface area contributed by atoms with Crippen LogP contribution in [0, 0.1) is 6.92 Å². The van der Waals surface area contributed by atoms with Crippen molar-refractivity contribution in [3.8, 4) is 0 Å². The fourth-order valence-electron chi connectivity index (χ4n) is 5.34. The number of nitrogens with one attached hydrogen (secondary N) is 1. The molecule has 0 saturated carbocycles. The van der Waals surface area contributed by atoms with Crippen molar-refractivity contribution >= 4 is 33.2 Å². The molecule has 8 nitrogen and oxygen atoms in total. The lowest BCUT2D eigenvalue weighted by atomic mass is 9.96. The second-order valence-electron chi connectivity index (χ2n) is 9.59. The number of sulfonamides is 1. The van der Waals surface area contributed by atoms with Crippen LogP contribution in [0.5, 0.6) is 0 Å². The predicted molar refractivity (Wildman–Crippen MR) is 135 cm³/mol. The Morgan fingerprint density at radius 1 is 1.00 bits per heavy atom. The number of amides is 2. The number of carbonyl (C=O) groups excluding carboxylic acids is 2. The molecule has 2 aromatic rings. The second-order valence-corrected chi connectivity index (χ2v) is 11.5. The van der Waals surface area contributed by atoms with Gasteiger partial charge in [-0.15, -0.1) is 0 Å². The molecule has 186 valence electrons. The van der Waals surface area contributed by atoms with E-state index < -0.39 is 10.0 Å². The summed E-state index contributed by atoms with van der Waals surface area (Å²) in [6.45, 7) is 3.99. The molecule has 3 aliphatic rings. The maximum Gasteiger partial charge on any atom is 0.250 e. The highest BCUT2D eigenvalue weighted by molar-refractivity contribution is 7.89. The molecular weight excluding hydrogens is 464 g/mol. The van der Waals surface area contributed by atoms with Crippen LogP contribution in [0.1, 0.15) is 43.2 Å². The number of rotatable bonds is 6. The molecule has 2 aromatic carbocycles. The van der Waals surface area contributed by atoms with Crippen molar-refractivity contribution in [1.29, 1.82) is 0 Å². The van der Waals surface area contributed by atoms with Crippen LogP contribution >= 0.6 is 0 Å². The van der Waals surface area contributed by atoms with Gasteiger partial charge in [-0.05, 0) is 68.4 Å². The molecule has 0 bridgehead atoms. The van der Waals surface area contributed by atoms with E-state index >= 15 is 0 Å². The van der Waals surface area contributed by atoms with Crippen LogP contribution in [-0.4, -0.2) is 56.8 Å². The summed E-state index contributed by atoms with van der Waals surface area (Å²) in [5.74, 6) is -0.413. The van der Waals surface area contributed by atoms with Gasteiger partial charge in [0.1, 0.15) is 12.6 Å². The van der Waals surface area contributed by atoms with E-state index in [9.17, 15) is 18.0 Å². The first-order valence-electron chi connectivity index (χ1n) is 12.4. The molecule has 1 atom stereocenters. The normalized spacial score (nSPS) is 20.5. The summed E-state index contributed by atoms with van der Waals surface area (Å²) in [4.78, 5) is 30.2. The topological polar surface area (TPSA) is 90.0 Å². The van der Waals surface area contributed by atoms with E-state index in [1.165, 1.54) is 9.21 Å². The van der Waals surface area contributed by atoms with E-state index in [4.69, 9.17) is 0 Å². The van der Waals surface area contributed by atoms with Crippen molar-refractivity contribution in [2.24, 2.45) is 0 Å². The summed E-state index contributed by atoms with van der Waals surface area (Å²) in [6.07, 6.45) is 4.37. The molecule has 1 N–H and O–H groups in total. The van der Waals surface area contributed by atoms with Gasteiger partial charge < -0.3 is 10.2 Å². The minimum absolute atomic E-state index is 0.140. The Labute approximate surface area is 206 Å². The van der Waals surface area contributed by atoms with Gasteiger partial charge in [-0.3, -0.25) is 14.5 Å². The largest absolute Gasteiger partial charge is 0.358 e. The van der Waals surface area contributed by atoms with Crippen LogP contribution < -0.4 is 15.1 Å². The van der Waals surface area contributed by atoms with E-state index in [-0.39, 0.29) is 29.3 Å². The number of fused-ring (bicyclic) bond motifs is 3. The molecule has 0 radical (unpaired) electrons. The molecule has 9 heteroatoms. The fraction of sp³-hybridized carbons (Fsp3) is 0.462. The molecule has 0 spiro atoms. The average molecular weight is 497 g/mol. The first kappa shape index (κ1) is 23.8. The van der Waals surface area contributed by atoms with Gasteiger partial charge >= 0.3 is 0 Å². The number of hydrogen-bond donors (Lipinski definition) is 1. The predicted octanol–water partition coefficient (Wildman–Crippen LogP) is 2.80. The Hall–Kier alpha value is -2.91. The lowest BCUT2D eigenvalue weighted by molar-refractivity contribution is -0.125. The van der Waals surface area contributed by atoms with Crippen LogP contribution in [0.3, 0.4) is 0 Å². The monoisotopic (exact) mass is 496 g/mol. The molecule has 3 heterocycles. The van der Waals surface area contributed by atoms with Gasteiger partial charge in [0.2, 0.25) is 21.8 Å². The van der Waals surface area contributed by atoms with Crippen molar-refractivity contribution in [2.45, 2.75) is 56.5 Å². The highest BCUT2D eigenvalue weighted by Crippen LogP contribution is 2.41. The van der Waals surface area contributed by atoms with Crippen molar-refractivity contribution < 1.29 is 18.0 Å². The third kappa shape index (κ3) is 4.54. The summed E-state index contributed by atoms with van der Waals surface area (Å²) in [5.41, 5.74) is 3.42. The molecule has 1 unspecified atom stereocenters. The van der Waals surface area contributed by atoms with E-state index in [2.05, 4.69) is 10.2 Å². The number of nitrogens with zero attached hydrogens (tertiary/aromatic N) is 3. The Kier molecular flexibility index (Phi) is 6.55. The van der Waals surface area contributed by atoms with Crippen molar-refractivity contribution in [1.82, 2.24) is 9.62 Å². The van der Waals surface area contributed by atoms with E-state index in [0.717, 1.165) is 55.5 Å². The number of aryl methyl sites for hydroxylation is 1. The quantitative estimate of drug-likeness (QED) is 0.664. The minimum atomic E-state index is -3.65. The smallest absolute Gasteiger partial charge is 0.250 e. The zero-order valence-corrected chi connectivity index (χ0v) is 20.9. The number of hydrogen-bond acceptors (Lipinski definition) is 5.